The molecule has 1 aliphatic heterocycles. The molecule has 1 aliphatic rings. The zero-order valence-corrected chi connectivity index (χ0v) is 8.97. The first-order valence-corrected chi connectivity index (χ1v) is 5.60. The highest BCUT2D eigenvalue weighted by Crippen LogP contribution is 2.36. The van der Waals surface area contributed by atoms with Gasteiger partial charge in [0.1, 0.15) is 0 Å². The molecule has 0 aromatic heterocycles. The lowest BCUT2D eigenvalue weighted by Crippen LogP contribution is -2.30. The van der Waals surface area contributed by atoms with Crippen LogP contribution in [0.3, 0.4) is 0 Å². The van der Waals surface area contributed by atoms with Crippen molar-refractivity contribution in [1.29, 1.82) is 0 Å². The molecule has 0 bridgehead atoms. The number of ether oxygens (including phenoxy) is 1. The van der Waals surface area contributed by atoms with Gasteiger partial charge in [-0.15, -0.1) is 6.58 Å². The van der Waals surface area contributed by atoms with Crippen molar-refractivity contribution in [2.45, 2.75) is 19.3 Å². The standard InChI is InChI=1S/C9H15IO/c1-2-3-9(8-10)4-6-11-7-5-9/h2H,1,3-8H2. The Hall–Kier alpha value is 0.430. The molecule has 0 N–H and O–H groups in total. The maximum atomic E-state index is 5.34. The van der Waals surface area contributed by atoms with Gasteiger partial charge >= 0.3 is 0 Å². The van der Waals surface area contributed by atoms with Crippen LogP contribution in [0.5, 0.6) is 0 Å². The number of allylic oxidation sites excluding steroid dienone is 1. The van der Waals surface area contributed by atoms with Crippen molar-refractivity contribution in [3.05, 3.63) is 12.7 Å². The average molecular weight is 266 g/mol. The Morgan fingerprint density at radius 3 is 2.55 bits per heavy atom. The molecule has 2 heteroatoms. The molecule has 0 amide bonds. The van der Waals surface area contributed by atoms with E-state index in [9.17, 15) is 0 Å². The summed E-state index contributed by atoms with van der Waals surface area (Å²) in [5.41, 5.74) is 0.514. The fraction of sp³-hybridized carbons (Fsp3) is 0.778. The molecule has 0 spiro atoms. The molecule has 0 aliphatic carbocycles. The minimum absolute atomic E-state index is 0.514. The third-order valence-electron chi connectivity index (χ3n) is 2.41. The second kappa shape index (κ2) is 4.45. The third kappa shape index (κ3) is 2.44. The summed E-state index contributed by atoms with van der Waals surface area (Å²) in [7, 11) is 0. The van der Waals surface area contributed by atoms with E-state index in [0.717, 1.165) is 19.6 Å². The molecule has 0 aromatic rings. The Morgan fingerprint density at radius 2 is 2.09 bits per heavy atom. The number of hydrogen-bond donors (Lipinski definition) is 0. The first-order chi connectivity index (χ1) is 5.33. The molecular formula is C9H15IO. The minimum Gasteiger partial charge on any atom is -0.381 e. The van der Waals surface area contributed by atoms with E-state index in [2.05, 4.69) is 29.2 Å². The molecule has 0 aromatic carbocycles. The molecular weight excluding hydrogens is 251 g/mol. The van der Waals surface area contributed by atoms with E-state index in [1.54, 1.807) is 0 Å². The van der Waals surface area contributed by atoms with Crippen LogP contribution in [0.2, 0.25) is 0 Å². The van der Waals surface area contributed by atoms with Crippen LogP contribution in [0, 0.1) is 5.41 Å². The Labute approximate surface area is 82.3 Å². The van der Waals surface area contributed by atoms with Gasteiger partial charge in [0.05, 0.1) is 0 Å². The number of hydrogen-bond acceptors (Lipinski definition) is 1. The maximum absolute atomic E-state index is 5.34. The van der Waals surface area contributed by atoms with Crippen molar-refractivity contribution in [2.75, 3.05) is 17.6 Å². The number of rotatable bonds is 3. The van der Waals surface area contributed by atoms with Gasteiger partial charge in [-0.1, -0.05) is 28.7 Å². The van der Waals surface area contributed by atoms with Gasteiger partial charge in [0, 0.05) is 17.6 Å². The van der Waals surface area contributed by atoms with Crippen molar-refractivity contribution >= 4 is 22.6 Å². The van der Waals surface area contributed by atoms with Crippen molar-refractivity contribution in [2.24, 2.45) is 5.41 Å². The van der Waals surface area contributed by atoms with Crippen LogP contribution in [-0.2, 0) is 4.74 Å². The highest BCUT2D eigenvalue weighted by atomic mass is 127. The summed E-state index contributed by atoms with van der Waals surface area (Å²) < 4.78 is 6.57. The second-order valence-electron chi connectivity index (χ2n) is 3.24. The van der Waals surface area contributed by atoms with Crippen LogP contribution in [0.15, 0.2) is 12.7 Å². The summed E-state index contributed by atoms with van der Waals surface area (Å²) in [5.74, 6) is 0. The molecule has 0 unspecified atom stereocenters. The van der Waals surface area contributed by atoms with E-state index in [-0.39, 0.29) is 0 Å². The van der Waals surface area contributed by atoms with Crippen molar-refractivity contribution in [1.82, 2.24) is 0 Å². The van der Waals surface area contributed by atoms with Crippen molar-refractivity contribution in [3.8, 4) is 0 Å². The molecule has 64 valence electrons. The van der Waals surface area contributed by atoms with Crippen molar-refractivity contribution < 1.29 is 4.74 Å². The van der Waals surface area contributed by atoms with Crippen LogP contribution in [-0.4, -0.2) is 17.6 Å². The zero-order valence-electron chi connectivity index (χ0n) is 6.81. The van der Waals surface area contributed by atoms with E-state index in [1.165, 1.54) is 17.3 Å². The summed E-state index contributed by atoms with van der Waals surface area (Å²) in [5, 5.41) is 0. The molecule has 1 saturated heterocycles. The Morgan fingerprint density at radius 1 is 1.45 bits per heavy atom. The first kappa shape index (κ1) is 9.52. The Kier molecular flexibility index (Phi) is 3.85. The molecule has 0 saturated carbocycles. The lowest BCUT2D eigenvalue weighted by Gasteiger charge is -2.34. The van der Waals surface area contributed by atoms with Gasteiger partial charge in [0.2, 0.25) is 0 Å². The van der Waals surface area contributed by atoms with Gasteiger partial charge in [-0.05, 0) is 24.7 Å². The maximum Gasteiger partial charge on any atom is 0.0471 e. The lowest BCUT2D eigenvalue weighted by atomic mass is 9.79. The molecule has 1 rings (SSSR count). The van der Waals surface area contributed by atoms with Crippen LogP contribution < -0.4 is 0 Å². The lowest BCUT2D eigenvalue weighted by molar-refractivity contribution is 0.0290. The summed E-state index contributed by atoms with van der Waals surface area (Å²) in [4.78, 5) is 0. The molecule has 1 heterocycles. The largest absolute Gasteiger partial charge is 0.381 e. The molecule has 11 heavy (non-hydrogen) atoms. The predicted molar refractivity (Wildman–Crippen MR) is 56.2 cm³/mol. The fourth-order valence-corrected chi connectivity index (χ4v) is 2.58. The van der Waals surface area contributed by atoms with Crippen LogP contribution >= 0.6 is 22.6 Å². The highest BCUT2D eigenvalue weighted by molar-refractivity contribution is 14.1. The molecule has 0 atom stereocenters. The van der Waals surface area contributed by atoms with E-state index in [1.807, 2.05) is 6.08 Å². The van der Waals surface area contributed by atoms with E-state index in [0.29, 0.717) is 5.41 Å². The summed E-state index contributed by atoms with van der Waals surface area (Å²) in [6, 6.07) is 0. The van der Waals surface area contributed by atoms with Crippen LogP contribution in [0.4, 0.5) is 0 Å². The zero-order chi connectivity index (χ0) is 8.16. The van der Waals surface area contributed by atoms with E-state index >= 15 is 0 Å². The fourth-order valence-electron chi connectivity index (χ4n) is 1.50. The van der Waals surface area contributed by atoms with Crippen LogP contribution in [0.25, 0.3) is 0 Å². The smallest absolute Gasteiger partial charge is 0.0471 e. The first-order valence-electron chi connectivity index (χ1n) is 4.08. The predicted octanol–water partition coefficient (Wildman–Crippen LogP) is 2.79. The van der Waals surface area contributed by atoms with Gasteiger partial charge in [-0.2, -0.15) is 0 Å². The second-order valence-corrected chi connectivity index (χ2v) is 4.00. The number of alkyl halides is 1. The van der Waals surface area contributed by atoms with E-state index < -0.39 is 0 Å². The molecule has 1 nitrogen and oxygen atoms in total. The molecule has 1 fully saturated rings. The number of halogens is 1. The van der Waals surface area contributed by atoms with Gasteiger partial charge in [0.15, 0.2) is 0 Å². The quantitative estimate of drug-likeness (QED) is 0.433. The normalized spacial score (nSPS) is 23.0. The Bertz CT molecular complexity index is 128. The topological polar surface area (TPSA) is 9.23 Å². The van der Waals surface area contributed by atoms with E-state index in [4.69, 9.17) is 4.74 Å². The van der Waals surface area contributed by atoms with Gasteiger partial charge in [-0.3, -0.25) is 0 Å². The van der Waals surface area contributed by atoms with Gasteiger partial charge in [-0.25, -0.2) is 0 Å². The SMILES string of the molecule is C=CCC1(CI)CCOCC1. The monoisotopic (exact) mass is 266 g/mol. The summed E-state index contributed by atoms with van der Waals surface area (Å²) in [6.07, 6.45) is 5.62. The van der Waals surface area contributed by atoms with Crippen molar-refractivity contribution in [3.63, 3.8) is 0 Å². The van der Waals surface area contributed by atoms with Gasteiger partial charge in [0.25, 0.3) is 0 Å². The Balaban J connectivity index is 2.49. The third-order valence-corrected chi connectivity index (χ3v) is 4.03. The average Bonchev–Trinajstić information content (AvgIpc) is 2.07. The summed E-state index contributed by atoms with van der Waals surface area (Å²) >= 11 is 2.48. The minimum atomic E-state index is 0.514. The summed E-state index contributed by atoms with van der Waals surface area (Å²) in [6.45, 7) is 5.69. The van der Waals surface area contributed by atoms with Gasteiger partial charge < -0.3 is 4.74 Å². The molecule has 0 radical (unpaired) electrons. The highest BCUT2D eigenvalue weighted by Gasteiger charge is 2.29. The van der Waals surface area contributed by atoms with Crippen LogP contribution in [0.1, 0.15) is 19.3 Å².